The summed E-state index contributed by atoms with van der Waals surface area (Å²) >= 11 is 0.736. The Morgan fingerprint density at radius 3 is 2.27 bits per heavy atom. The van der Waals surface area contributed by atoms with Crippen molar-refractivity contribution in [3.63, 3.8) is 0 Å². The van der Waals surface area contributed by atoms with E-state index in [-0.39, 0.29) is 22.5 Å². The molecule has 0 spiro atoms. The molecule has 8 nitrogen and oxygen atoms in total. The van der Waals surface area contributed by atoms with E-state index in [9.17, 15) is 23.2 Å². The average Bonchev–Trinajstić information content (AvgIpc) is 3.39. The van der Waals surface area contributed by atoms with Gasteiger partial charge in [0.2, 0.25) is 0 Å². The van der Waals surface area contributed by atoms with E-state index in [1.54, 1.807) is 0 Å². The number of hydrogen-bond acceptors (Lipinski definition) is 6. The number of carboxylic acids is 1. The van der Waals surface area contributed by atoms with Crippen LogP contribution in [0.1, 0.15) is 26.7 Å². The van der Waals surface area contributed by atoms with Crippen molar-refractivity contribution in [2.75, 3.05) is 18.5 Å². The second kappa shape index (κ2) is 8.94. The van der Waals surface area contributed by atoms with Gasteiger partial charge in [0.25, 0.3) is 5.91 Å². The zero-order chi connectivity index (χ0) is 23.6. The molecule has 3 N–H and O–H groups in total. The van der Waals surface area contributed by atoms with Gasteiger partial charge in [0.15, 0.2) is 5.13 Å². The fourth-order valence-electron chi connectivity index (χ4n) is 3.51. The fraction of sp³-hybridized carbons (Fsp3) is 0.182. The third kappa shape index (κ3) is 4.67. The molecule has 0 fully saturated rings. The Hall–Kier alpha value is -3.86. The van der Waals surface area contributed by atoms with E-state index in [2.05, 4.69) is 10.3 Å². The van der Waals surface area contributed by atoms with Gasteiger partial charge in [0.1, 0.15) is 11.5 Å². The van der Waals surface area contributed by atoms with Crippen LogP contribution in [0.3, 0.4) is 0 Å². The van der Waals surface area contributed by atoms with Crippen LogP contribution in [-0.4, -0.2) is 47.1 Å². The molecular formula is C22H17F2N3O5S. The maximum absolute atomic E-state index is 13.1. The number of amides is 2. The van der Waals surface area contributed by atoms with Gasteiger partial charge in [0, 0.05) is 5.92 Å². The van der Waals surface area contributed by atoms with Crippen molar-refractivity contribution in [1.82, 2.24) is 10.3 Å². The summed E-state index contributed by atoms with van der Waals surface area (Å²) < 4.78 is 31.6. The van der Waals surface area contributed by atoms with Crippen molar-refractivity contribution >= 4 is 34.4 Å². The normalized spacial score (nSPS) is 12.5. The molecule has 0 atom stereocenters. The molecule has 1 heterocycles. The van der Waals surface area contributed by atoms with Crippen molar-refractivity contribution in [2.24, 2.45) is 0 Å². The molecule has 3 aromatic rings. The molecule has 0 unspecified atom stereocenters. The number of nitrogens with one attached hydrogen (secondary N) is 2. The maximum Gasteiger partial charge on any atom is 0.413 e. The zero-order valence-electron chi connectivity index (χ0n) is 16.9. The Labute approximate surface area is 190 Å². The Morgan fingerprint density at radius 1 is 1.06 bits per heavy atom. The van der Waals surface area contributed by atoms with Crippen LogP contribution >= 0.6 is 11.3 Å². The number of aliphatic carboxylic acids is 1. The summed E-state index contributed by atoms with van der Waals surface area (Å²) in [6, 6.07) is 15.8. The van der Waals surface area contributed by atoms with E-state index in [1.165, 1.54) is 0 Å². The molecule has 0 saturated carbocycles. The average molecular weight is 473 g/mol. The molecule has 0 bridgehead atoms. The lowest BCUT2D eigenvalue weighted by Crippen LogP contribution is -2.41. The van der Waals surface area contributed by atoms with Gasteiger partial charge >= 0.3 is 18.0 Å². The summed E-state index contributed by atoms with van der Waals surface area (Å²) in [6.07, 6.45) is 0.299. The standard InChI is InChI=1S/C22H17F2N3O5S/c23-22(24,19(29)30)11-26-18(28)17-9-25-20(33-17)27-21(31)32-10-16-14-7-3-1-5-12(14)13-6-2-4-8-15(13)16/h1-9,16H,10-11H2,(H,26,28)(H,29,30)(H,25,27,31). The van der Waals surface area contributed by atoms with Crippen LogP contribution in [0.5, 0.6) is 0 Å². The Kier molecular flexibility index (Phi) is 6.05. The molecule has 1 aliphatic rings. The lowest BCUT2D eigenvalue weighted by atomic mass is 9.98. The molecule has 2 amide bonds. The predicted octanol–water partition coefficient (Wildman–Crippen LogP) is 3.95. The van der Waals surface area contributed by atoms with Gasteiger partial charge in [-0.2, -0.15) is 8.78 Å². The van der Waals surface area contributed by atoms with Crippen LogP contribution in [0.15, 0.2) is 54.7 Å². The van der Waals surface area contributed by atoms with Gasteiger partial charge in [-0.1, -0.05) is 59.9 Å². The van der Waals surface area contributed by atoms with E-state index < -0.39 is 30.4 Å². The van der Waals surface area contributed by atoms with Gasteiger partial charge in [0.05, 0.1) is 12.7 Å². The van der Waals surface area contributed by atoms with Gasteiger partial charge in [-0.25, -0.2) is 14.6 Å². The van der Waals surface area contributed by atoms with Crippen LogP contribution < -0.4 is 10.6 Å². The number of benzene rings is 2. The second-order valence-corrected chi connectivity index (χ2v) is 8.20. The highest BCUT2D eigenvalue weighted by atomic mass is 32.1. The summed E-state index contributed by atoms with van der Waals surface area (Å²) in [4.78, 5) is 38.4. The van der Waals surface area contributed by atoms with E-state index >= 15 is 0 Å². The van der Waals surface area contributed by atoms with Crippen LogP contribution in [0.25, 0.3) is 11.1 Å². The minimum Gasteiger partial charge on any atom is -0.477 e. The largest absolute Gasteiger partial charge is 0.477 e. The van der Waals surface area contributed by atoms with Crippen LogP contribution in [0, 0.1) is 0 Å². The smallest absolute Gasteiger partial charge is 0.413 e. The number of carboxylic acid groups (broad SMARTS) is 1. The Morgan fingerprint density at radius 2 is 1.67 bits per heavy atom. The van der Waals surface area contributed by atoms with Crippen LogP contribution in [-0.2, 0) is 9.53 Å². The maximum atomic E-state index is 13.1. The van der Waals surface area contributed by atoms with Crippen LogP contribution in [0.4, 0.5) is 18.7 Å². The third-order valence-electron chi connectivity index (χ3n) is 5.07. The van der Waals surface area contributed by atoms with Gasteiger partial charge < -0.3 is 15.2 Å². The molecule has 2 aromatic carbocycles. The first-order valence-electron chi connectivity index (χ1n) is 9.73. The summed E-state index contributed by atoms with van der Waals surface area (Å²) in [5, 5.41) is 12.7. The highest BCUT2D eigenvalue weighted by Crippen LogP contribution is 2.44. The van der Waals surface area contributed by atoms with Gasteiger partial charge in [-0.15, -0.1) is 0 Å². The molecule has 0 radical (unpaired) electrons. The van der Waals surface area contributed by atoms with Crippen molar-refractivity contribution in [2.45, 2.75) is 11.8 Å². The van der Waals surface area contributed by atoms with E-state index in [4.69, 9.17) is 9.84 Å². The van der Waals surface area contributed by atoms with Crippen molar-refractivity contribution < 1.29 is 33.0 Å². The number of carbonyl (C=O) groups excluding carboxylic acids is 2. The first kappa shape index (κ1) is 22.3. The number of halogens is 2. The topological polar surface area (TPSA) is 118 Å². The van der Waals surface area contributed by atoms with Crippen molar-refractivity contribution in [3.05, 3.63) is 70.7 Å². The minimum atomic E-state index is -4.09. The minimum absolute atomic E-state index is 0.0300. The van der Waals surface area contributed by atoms with Crippen LogP contribution in [0.2, 0.25) is 0 Å². The summed E-state index contributed by atoms with van der Waals surface area (Å²) in [5.41, 5.74) is 4.29. The number of thiazole rings is 1. The molecule has 1 aliphatic carbocycles. The lowest BCUT2D eigenvalue weighted by molar-refractivity contribution is -0.163. The number of carbonyl (C=O) groups is 3. The van der Waals surface area contributed by atoms with Gasteiger partial charge in [-0.05, 0) is 22.3 Å². The molecule has 0 saturated heterocycles. The summed E-state index contributed by atoms with van der Waals surface area (Å²) in [6.45, 7) is -1.28. The number of fused-ring (bicyclic) bond motifs is 3. The van der Waals surface area contributed by atoms with E-state index in [0.29, 0.717) is 0 Å². The van der Waals surface area contributed by atoms with Crippen molar-refractivity contribution in [1.29, 1.82) is 0 Å². The highest BCUT2D eigenvalue weighted by Gasteiger charge is 2.39. The molecule has 170 valence electrons. The summed E-state index contributed by atoms with van der Waals surface area (Å²) in [7, 11) is 0. The first-order chi connectivity index (χ1) is 15.8. The number of rotatable bonds is 7. The van der Waals surface area contributed by atoms with Crippen molar-refractivity contribution in [3.8, 4) is 11.1 Å². The first-order valence-corrected chi connectivity index (χ1v) is 10.5. The highest BCUT2D eigenvalue weighted by molar-refractivity contribution is 7.17. The number of alkyl halides is 2. The number of hydrogen-bond donors (Lipinski definition) is 3. The zero-order valence-corrected chi connectivity index (χ0v) is 17.7. The fourth-order valence-corrected chi connectivity index (χ4v) is 4.23. The predicted molar refractivity (Wildman–Crippen MR) is 116 cm³/mol. The second-order valence-electron chi connectivity index (χ2n) is 7.17. The number of nitrogens with zero attached hydrogens (tertiary/aromatic N) is 1. The Bertz CT molecular complexity index is 1180. The molecule has 33 heavy (non-hydrogen) atoms. The van der Waals surface area contributed by atoms with Gasteiger partial charge in [-0.3, -0.25) is 10.1 Å². The number of ether oxygens (including phenoxy) is 1. The number of aromatic nitrogens is 1. The molecule has 11 heteroatoms. The molecule has 0 aliphatic heterocycles. The molecular weight excluding hydrogens is 456 g/mol. The monoisotopic (exact) mass is 473 g/mol. The molecule has 4 rings (SSSR count). The van der Waals surface area contributed by atoms with E-state index in [1.807, 2.05) is 53.8 Å². The van der Waals surface area contributed by atoms with E-state index in [0.717, 1.165) is 39.8 Å². The Balaban J connectivity index is 1.35. The molecule has 1 aromatic heterocycles. The lowest BCUT2D eigenvalue weighted by Gasteiger charge is -2.14. The summed E-state index contributed by atoms with van der Waals surface area (Å²) in [5.74, 6) is -7.50. The SMILES string of the molecule is O=C(Nc1ncc(C(=O)NCC(F)(F)C(=O)O)s1)OCC1c2ccccc2-c2ccccc21. The quantitative estimate of drug-likeness (QED) is 0.478. The third-order valence-corrected chi connectivity index (χ3v) is 5.98. The number of anilines is 1.